The summed E-state index contributed by atoms with van der Waals surface area (Å²) < 4.78 is 0.745. The second kappa shape index (κ2) is 4.07. The highest BCUT2D eigenvalue weighted by atomic mass is 127. The number of carbonyl (C=O) groups is 1. The van der Waals surface area contributed by atoms with Crippen molar-refractivity contribution >= 4 is 39.4 Å². The van der Waals surface area contributed by atoms with Crippen molar-refractivity contribution in [2.24, 2.45) is 0 Å². The van der Waals surface area contributed by atoms with Crippen LogP contribution in [0.15, 0.2) is 12.1 Å². The van der Waals surface area contributed by atoms with E-state index in [-0.39, 0.29) is 0 Å². The summed E-state index contributed by atoms with van der Waals surface area (Å²) in [5.41, 5.74) is 1.77. The van der Waals surface area contributed by atoms with Gasteiger partial charge in [0, 0.05) is 9.13 Å². The molecule has 0 heterocycles. The molecule has 0 fully saturated rings. The molecular formula is C9H5ClINO. The monoisotopic (exact) mass is 305 g/mol. The predicted molar refractivity (Wildman–Crippen MR) is 58.8 cm³/mol. The number of nitriles is 1. The summed E-state index contributed by atoms with van der Waals surface area (Å²) in [6.45, 7) is 1.76. The van der Waals surface area contributed by atoms with Gasteiger partial charge in [0.15, 0.2) is 0 Å². The first-order valence-electron chi connectivity index (χ1n) is 3.46. The van der Waals surface area contributed by atoms with E-state index < -0.39 is 5.24 Å². The smallest absolute Gasteiger partial charge is 0.252 e. The number of carbonyl (C=O) groups excluding carboxylic acids is 1. The van der Waals surface area contributed by atoms with Crippen molar-refractivity contribution in [2.45, 2.75) is 6.92 Å². The maximum absolute atomic E-state index is 10.9. The van der Waals surface area contributed by atoms with Gasteiger partial charge in [0.25, 0.3) is 5.24 Å². The average Bonchev–Trinajstić information content (AvgIpc) is 2.07. The van der Waals surface area contributed by atoms with Crippen molar-refractivity contribution in [1.29, 1.82) is 5.26 Å². The Hall–Kier alpha value is -0.600. The lowest BCUT2D eigenvalue weighted by Crippen LogP contribution is -1.96. The summed E-state index contributed by atoms with van der Waals surface area (Å²) in [5, 5.41) is 8.21. The van der Waals surface area contributed by atoms with E-state index in [4.69, 9.17) is 16.9 Å². The Morgan fingerprint density at radius 2 is 2.23 bits per heavy atom. The quantitative estimate of drug-likeness (QED) is 0.591. The van der Waals surface area contributed by atoms with Gasteiger partial charge in [0.1, 0.15) is 6.07 Å². The Morgan fingerprint density at radius 3 is 2.69 bits per heavy atom. The molecule has 0 saturated carbocycles. The topological polar surface area (TPSA) is 40.9 Å². The van der Waals surface area contributed by atoms with Crippen LogP contribution in [0.1, 0.15) is 21.5 Å². The summed E-state index contributed by atoms with van der Waals surface area (Å²) >= 11 is 7.35. The van der Waals surface area contributed by atoms with Crippen LogP contribution in [0.2, 0.25) is 0 Å². The molecule has 1 rings (SSSR count). The molecule has 0 bridgehead atoms. The van der Waals surface area contributed by atoms with E-state index in [9.17, 15) is 4.79 Å². The molecule has 0 saturated heterocycles. The van der Waals surface area contributed by atoms with E-state index in [1.54, 1.807) is 19.1 Å². The van der Waals surface area contributed by atoms with Crippen LogP contribution in [0.5, 0.6) is 0 Å². The van der Waals surface area contributed by atoms with Crippen LogP contribution in [0.25, 0.3) is 0 Å². The highest BCUT2D eigenvalue weighted by Gasteiger charge is 2.09. The Kier molecular flexibility index (Phi) is 3.28. The zero-order valence-electron chi connectivity index (χ0n) is 6.77. The molecule has 0 aliphatic heterocycles. The lowest BCUT2D eigenvalue weighted by molar-refractivity contribution is 0.108. The summed E-state index contributed by atoms with van der Waals surface area (Å²) in [6.07, 6.45) is 0. The Morgan fingerprint density at radius 1 is 1.62 bits per heavy atom. The number of halogens is 2. The van der Waals surface area contributed by atoms with Gasteiger partial charge in [-0.15, -0.1) is 0 Å². The molecule has 66 valence electrons. The summed E-state index contributed by atoms with van der Waals surface area (Å²) in [7, 11) is 0. The fourth-order valence-corrected chi connectivity index (χ4v) is 1.77. The highest BCUT2D eigenvalue weighted by Crippen LogP contribution is 2.19. The van der Waals surface area contributed by atoms with Crippen molar-refractivity contribution in [2.75, 3.05) is 0 Å². The fraction of sp³-hybridized carbons (Fsp3) is 0.111. The van der Waals surface area contributed by atoms with Crippen molar-refractivity contribution in [3.8, 4) is 6.07 Å². The van der Waals surface area contributed by atoms with Gasteiger partial charge in [-0.05, 0) is 58.8 Å². The molecule has 1 aromatic rings. The van der Waals surface area contributed by atoms with Crippen molar-refractivity contribution < 1.29 is 4.79 Å². The number of rotatable bonds is 1. The zero-order valence-corrected chi connectivity index (χ0v) is 9.68. The molecule has 0 aromatic heterocycles. The molecule has 0 aliphatic rings. The lowest BCUT2D eigenvalue weighted by atomic mass is 10.1. The van der Waals surface area contributed by atoms with Crippen LogP contribution in [-0.2, 0) is 0 Å². The number of hydrogen-bond donors (Lipinski definition) is 0. The van der Waals surface area contributed by atoms with E-state index >= 15 is 0 Å². The van der Waals surface area contributed by atoms with Crippen LogP contribution in [0.4, 0.5) is 0 Å². The SMILES string of the molecule is Cc1cc(C#N)c(I)cc1C(=O)Cl. The van der Waals surface area contributed by atoms with E-state index in [0.717, 1.165) is 9.13 Å². The number of benzene rings is 1. The second-order valence-electron chi connectivity index (χ2n) is 2.53. The first-order chi connectivity index (χ1) is 6.06. The standard InChI is InChI=1S/C9H5ClINO/c1-5-2-6(4-12)8(11)3-7(5)9(10)13/h2-3H,1H3. The third-order valence-corrected chi connectivity index (χ3v) is 2.74. The largest absolute Gasteiger partial charge is 0.276 e. The van der Waals surface area contributed by atoms with Crippen LogP contribution in [0, 0.1) is 21.8 Å². The van der Waals surface area contributed by atoms with Gasteiger partial charge in [0.05, 0.1) is 5.56 Å². The summed E-state index contributed by atoms with van der Waals surface area (Å²) in [6, 6.07) is 5.33. The maximum Gasteiger partial charge on any atom is 0.252 e. The molecule has 4 heteroatoms. The maximum atomic E-state index is 10.9. The molecular weight excluding hydrogens is 300 g/mol. The Labute approximate surface area is 94.6 Å². The predicted octanol–water partition coefficient (Wildman–Crippen LogP) is 2.85. The van der Waals surface area contributed by atoms with Crippen LogP contribution in [-0.4, -0.2) is 5.24 Å². The second-order valence-corrected chi connectivity index (χ2v) is 4.04. The third-order valence-electron chi connectivity index (χ3n) is 1.65. The molecule has 0 radical (unpaired) electrons. The summed E-state index contributed by atoms with van der Waals surface area (Å²) in [5.74, 6) is 0. The van der Waals surface area contributed by atoms with Gasteiger partial charge in [-0.25, -0.2) is 0 Å². The van der Waals surface area contributed by atoms with Gasteiger partial charge in [0.2, 0.25) is 0 Å². The Bertz CT molecular complexity index is 409. The van der Waals surface area contributed by atoms with Crippen LogP contribution >= 0.6 is 34.2 Å². The van der Waals surface area contributed by atoms with E-state index in [2.05, 4.69) is 0 Å². The molecule has 13 heavy (non-hydrogen) atoms. The molecule has 0 N–H and O–H groups in total. The molecule has 0 atom stereocenters. The van der Waals surface area contributed by atoms with Gasteiger partial charge in [-0.2, -0.15) is 5.26 Å². The first-order valence-corrected chi connectivity index (χ1v) is 4.92. The highest BCUT2D eigenvalue weighted by molar-refractivity contribution is 14.1. The van der Waals surface area contributed by atoms with Crippen LogP contribution < -0.4 is 0 Å². The minimum atomic E-state index is -0.486. The lowest BCUT2D eigenvalue weighted by Gasteiger charge is -2.02. The van der Waals surface area contributed by atoms with Gasteiger partial charge in [-0.1, -0.05) is 0 Å². The number of hydrogen-bond acceptors (Lipinski definition) is 2. The van der Waals surface area contributed by atoms with E-state index in [0.29, 0.717) is 11.1 Å². The van der Waals surface area contributed by atoms with Crippen molar-refractivity contribution in [3.63, 3.8) is 0 Å². The molecule has 0 amide bonds. The minimum Gasteiger partial charge on any atom is -0.276 e. The molecule has 2 nitrogen and oxygen atoms in total. The van der Waals surface area contributed by atoms with E-state index in [1.807, 2.05) is 28.7 Å². The van der Waals surface area contributed by atoms with Crippen molar-refractivity contribution in [1.82, 2.24) is 0 Å². The van der Waals surface area contributed by atoms with Crippen molar-refractivity contribution in [3.05, 3.63) is 32.4 Å². The first kappa shape index (κ1) is 10.5. The molecule has 1 aromatic carbocycles. The molecule has 0 spiro atoms. The van der Waals surface area contributed by atoms with E-state index in [1.165, 1.54) is 0 Å². The molecule has 0 unspecified atom stereocenters. The molecule has 0 aliphatic carbocycles. The van der Waals surface area contributed by atoms with Gasteiger partial charge in [-0.3, -0.25) is 4.79 Å². The van der Waals surface area contributed by atoms with Gasteiger partial charge < -0.3 is 0 Å². The normalized spacial score (nSPS) is 9.38. The third kappa shape index (κ3) is 2.20. The fourth-order valence-electron chi connectivity index (χ4n) is 0.979. The number of nitrogens with zero attached hydrogens (tertiary/aromatic N) is 1. The summed E-state index contributed by atoms with van der Waals surface area (Å²) in [4.78, 5) is 10.9. The minimum absolute atomic E-state index is 0.463. The number of aryl methyl sites for hydroxylation is 1. The van der Waals surface area contributed by atoms with Gasteiger partial charge >= 0.3 is 0 Å². The zero-order chi connectivity index (χ0) is 10.0. The Balaban J connectivity index is 3.39. The average molecular weight is 306 g/mol. The van der Waals surface area contributed by atoms with Crippen LogP contribution in [0.3, 0.4) is 0 Å².